The number of halogens is 3. The molecule has 2 N–H and O–H groups in total. The maximum absolute atomic E-state index is 13.1. The van der Waals surface area contributed by atoms with Gasteiger partial charge in [-0.25, -0.2) is 18.2 Å². The van der Waals surface area contributed by atoms with E-state index in [2.05, 4.69) is 16.7 Å². The van der Waals surface area contributed by atoms with Crippen LogP contribution in [0.3, 0.4) is 0 Å². The molecule has 0 saturated heterocycles. The van der Waals surface area contributed by atoms with Crippen molar-refractivity contribution in [3.05, 3.63) is 59.4 Å². The highest BCUT2D eigenvalue weighted by atomic mass is 19.2. The first-order chi connectivity index (χ1) is 9.52. The molecule has 0 bridgehead atoms. The minimum atomic E-state index is -1.55. The molecule has 6 heteroatoms. The van der Waals surface area contributed by atoms with Crippen molar-refractivity contribution in [2.24, 2.45) is 15.7 Å². The first-order valence-corrected chi connectivity index (χ1v) is 5.57. The Hall–Kier alpha value is -2.63. The standard InChI is InChI=1S/C14H10F3N3/c1-19-12-5-3-2-4-9(12)14(18)20-8-6-10(15)13(17)11(16)7-8/h2-7H,1H2,(H2,18,20). The van der Waals surface area contributed by atoms with Gasteiger partial charge in [0, 0.05) is 17.7 Å². The molecule has 0 unspecified atom stereocenters. The second kappa shape index (κ2) is 5.56. The predicted octanol–water partition coefficient (Wildman–Crippen LogP) is 3.47. The van der Waals surface area contributed by atoms with Crippen LogP contribution in [-0.4, -0.2) is 12.6 Å². The zero-order valence-electron chi connectivity index (χ0n) is 10.3. The van der Waals surface area contributed by atoms with E-state index in [0.717, 1.165) is 12.1 Å². The van der Waals surface area contributed by atoms with Crippen LogP contribution in [0.5, 0.6) is 0 Å². The molecule has 0 spiro atoms. The summed E-state index contributed by atoms with van der Waals surface area (Å²) in [5, 5.41) is 0. The van der Waals surface area contributed by atoms with Gasteiger partial charge in [0.2, 0.25) is 0 Å². The Balaban J connectivity index is 2.47. The van der Waals surface area contributed by atoms with E-state index in [0.29, 0.717) is 11.3 Å². The van der Waals surface area contributed by atoms with Crippen LogP contribution in [-0.2, 0) is 0 Å². The summed E-state index contributed by atoms with van der Waals surface area (Å²) in [4.78, 5) is 7.62. The molecule has 0 aliphatic rings. The van der Waals surface area contributed by atoms with Crippen molar-refractivity contribution in [2.45, 2.75) is 0 Å². The van der Waals surface area contributed by atoms with E-state index in [1.165, 1.54) is 0 Å². The number of nitrogens with two attached hydrogens (primary N) is 1. The Morgan fingerprint density at radius 2 is 1.65 bits per heavy atom. The fourth-order valence-corrected chi connectivity index (χ4v) is 1.63. The molecule has 0 aliphatic heterocycles. The topological polar surface area (TPSA) is 50.7 Å². The van der Waals surface area contributed by atoms with Crippen molar-refractivity contribution < 1.29 is 13.2 Å². The third-order valence-corrected chi connectivity index (χ3v) is 2.57. The summed E-state index contributed by atoms with van der Waals surface area (Å²) in [5.41, 5.74) is 6.59. The van der Waals surface area contributed by atoms with Crippen LogP contribution in [0, 0.1) is 17.5 Å². The fourth-order valence-electron chi connectivity index (χ4n) is 1.63. The van der Waals surface area contributed by atoms with Crippen LogP contribution in [0.4, 0.5) is 24.5 Å². The second-order valence-corrected chi connectivity index (χ2v) is 3.90. The van der Waals surface area contributed by atoms with Crippen LogP contribution >= 0.6 is 0 Å². The molecule has 0 atom stereocenters. The quantitative estimate of drug-likeness (QED) is 0.521. The van der Waals surface area contributed by atoms with E-state index in [1.54, 1.807) is 24.3 Å². The molecular weight excluding hydrogens is 267 g/mol. The number of hydrogen-bond donors (Lipinski definition) is 1. The predicted molar refractivity (Wildman–Crippen MR) is 72.4 cm³/mol. The number of hydrogen-bond acceptors (Lipinski definition) is 2. The Labute approximate surface area is 113 Å². The van der Waals surface area contributed by atoms with E-state index in [9.17, 15) is 13.2 Å². The molecule has 0 saturated carbocycles. The summed E-state index contributed by atoms with van der Waals surface area (Å²) in [7, 11) is 0. The van der Waals surface area contributed by atoms with Crippen molar-refractivity contribution in [2.75, 3.05) is 0 Å². The molecule has 2 rings (SSSR count). The average molecular weight is 277 g/mol. The largest absolute Gasteiger partial charge is 0.383 e. The maximum atomic E-state index is 13.1. The van der Waals surface area contributed by atoms with Gasteiger partial charge >= 0.3 is 0 Å². The first kappa shape index (κ1) is 13.8. The van der Waals surface area contributed by atoms with Crippen LogP contribution in [0.2, 0.25) is 0 Å². The number of benzene rings is 2. The fraction of sp³-hybridized carbons (Fsp3) is 0. The van der Waals surface area contributed by atoms with E-state index in [4.69, 9.17) is 5.73 Å². The lowest BCUT2D eigenvalue weighted by Crippen LogP contribution is -2.13. The molecule has 102 valence electrons. The molecule has 0 amide bonds. The summed E-state index contributed by atoms with van der Waals surface area (Å²) in [5.74, 6) is -4.20. The van der Waals surface area contributed by atoms with Gasteiger partial charge in [-0.15, -0.1) is 0 Å². The zero-order chi connectivity index (χ0) is 14.7. The summed E-state index contributed by atoms with van der Waals surface area (Å²) in [6.45, 7) is 3.39. The normalized spacial score (nSPS) is 11.4. The monoisotopic (exact) mass is 277 g/mol. The van der Waals surface area contributed by atoms with E-state index < -0.39 is 17.5 Å². The summed E-state index contributed by atoms with van der Waals surface area (Å²) < 4.78 is 39.0. The molecule has 20 heavy (non-hydrogen) atoms. The molecule has 0 heterocycles. The lowest BCUT2D eigenvalue weighted by Gasteiger charge is -2.05. The molecule has 0 radical (unpaired) electrons. The average Bonchev–Trinajstić information content (AvgIpc) is 2.44. The van der Waals surface area contributed by atoms with Crippen molar-refractivity contribution in [3.63, 3.8) is 0 Å². The number of para-hydroxylation sites is 1. The molecule has 3 nitrogen and oxygen atoms in total. The zero-order valence-corrected chi connectivity index (χ0v) is 10.3. The molecule has 0 aliphatic carbocycles. The Bertz CT molecular complexity index is 673. The van der Waals surface area contributed by atoms with Crippen LogP contribution in [0.25, 0.3) is 0 Å². The van der Waals surface area contributed by atoms with Gasteiger partial charge in [0.15, 0.2) is 17.5 Å². The molecular formula is C14H10F3N3. The van der Waals surface area contributed by atoms with Crippen LogP contribution < -0.4 is 5.73 Å². The molecule has 2 aromatic carbocycles. The number of nitrogens with zero attached hydrogens (tertiary/aromatic N) is 2. The molecule has 0 fully saturated rings. The van der Waals surface area contributed by atoms with Crippen molar-refractivity contribution in [1.82, 2.24) is 0 Å². The third kappa shape index (κ3) is 2.69. The Morgan fingerprint density at radius 1 is 1.05 bits per heavy atom. The summed E-state index contributed by atoms with van der Waals surface area (Å²) in [6, 6.07) is 8.26. The van der Waals surface area contributed by atoms with Gasteiger partial charge in [0.25, 0.3) is 0 Å². The number of aliphatic imine (C=N–C) groups is 2. The maximum Gasteiger partial charge on any atom is 0.194 e. The minimum Gasteiger partial charge on any atom is -0.383 e. The summed E-state index contributed by atoms with van der Waals surface area (Å²) in [6.07, 6.45) is 0. The van der Waals surface area contributed by atoms with Gasteiger partial charge in [0.05, 0.1) is 11.4 Å². The van der Waals surface area contributed by atoms with Gasteiger partial charge in [-0.2, -0.15) is 0 Å². The lowest BCUT2D eigenvalue weighted by atomic mass is 10.1. The Morgan fingerprint density at radius 3 is 2.25 bits per heavy atom. The van der Waals surface area contributed by atoms with Crippen LogP contribution in [0.1, 0.15) is 5.56 Å². The third-order valence-electron chi connectivity index (χ3n) is 2.57. The van der Waals surface area contributed by atoms with Gasteiger partial charge in [-0.05, 0) is 18.9 Å². The van der Waals surface area contributed by atoms with Gasteiger partial charge < -0.3 is 5.73 Å². The highest BCUT2D eigenvalue weighted by Gasteiger charge is 2.11. The van der Waals surface area contributed by atoms with Gasteiger partial charge in [-0.1, -0.05) is 12.1 Å². The highest BCUT2D eigenvalue weighted by Crippen LogP contribution is 2.22. The number of amidine groups is 1. The summed E-state index contributed by atoms with van der Waals surface area (Å²) >= 11 is 0. The minimum absolute atomic E-state index is 0.00147. The van der Waals surface area contributed by atoms with Crippen molar-refractivity contribution in [1.29, 1.82) is 0 Å². The van der Waals surface area contributed by atoms with Crippen molar-refractivity contribution >= 4 is 23.9 Å². The Kier molecular flexibility index (Phi) is 3.84. The van der Waals surface area contributed by atoms with E-state index >= 15 is 0 Å². The van der Waals surface area contributed by atoms with E-state index in [-0.39, 0.29) is 11.5 Å². The van der Waals surface area contributed by atoms with Gasteiger partial charge in [-0.3, -0.25) is 4.99 Å². The van der Waals surface area contributed by atoms with Crippen LogP contribution in [0.15, 0.2) is 46.4 Å². The van der Waals surface area contributed by atoms with E-state index in [1.807, 2.05) is 0 Å². The SMILES string of the molecule is C=Nc1ccccc1C(N)=Nc1cc(F)c(F)c(F)c1. The lowest BCUT2D eigenvalue weighted by molar-refractivity contribution is 0.447. The molecule has 2 aromatic rings. The van der Waals surface area contributed by atoms with Crippen molar-refractivity contribution in [3.8, 4) is 0 Å². The molecule has 0 aromatic heterocycles. The second-order valence-electron chi connectivity index (χ2n) is 3.90. The number of rotatable bonds is 3. The highest BCUT2D eigenvalue weighted by molar-refractivity contribution is 6.03. The first-order valence-electron chi connectivity index (χ1n) is 5.57. The van der Waals surface area contributed by atoms with Gasteiger partial charge in [0.1, 0.15) is 5.84 Å². The smallest absolute Gasteiger partial charge is 0.194 e.